The fourth-order valence-corrected chi connectivity index (χ4v) is 3.17. The van der Waals surface area contributed by atoms with Gasteiger partial charge in [0.15, 0.2) is 0 Å². The molecular weight excluding hydrogens is 340 g/mol. The Balaban J connectivity index is 1.69. The predicted octanol–water partition coefficient (Wildman–Crippen LogP) is 4.46. The topological polar surface area (TPSA) is 52.8 Å². The van der Waals surface area contributed by atoms with Crippen LogP contribution in [0.3, 0.4) is 0 Å². The molecule has 0 bridgehead atoms. The summed E-state index contributed by atoms with van der Waals surface area (Å²) in [7, 11) is -1.05. The van der Waals surface area contributed by atoms with E-state index in [0.29, 0.717) is 11.9 Å². The standard InChI is InChI=1S/C17H21ClN4OSi/c1-24(2,3)7-6-23-12-22-11-14(10-20-22)13-8-16-15(19-9-13)4-5-17(18)21-16/h4-5,8-11H,6-7,12H2,1-3H3. The number of hydrogen-bond donors (Lipinski definition) is 0. The first kappa shape index (κ1) is 17.1. The summed E-state index contributed by atoms with van der Waals surface area (Å²) < 4.78 is 7.52. The number of ether oxygens (including phenoxy) is 1. The molecule has 0 saturated heterocycles. The maximum absolute atomic E-state index is 5.96. The van der Waals surface area contributed by atoms with Gasteiger partial charge in [0.1, 0.15) is 11.9 Å². The molecule has 5 nitrogen and oxygen atoms in total. The third-order valence-electron chi connectivity index (χ3n) is 3.69. The van der Waals surface area contributed by atoms with Crippen LogP contribution >= 0.6 is 11.6 Å². The van der Waals surface area contributed by atoms with Crippen molar-refractivity contribution in [3.05, 3.63) is 41.9 Å². The minimum atomic E-state index is -1.05. The molecule has 0 amide bonds. The molecule has 3 aromatic rings. The average molecular weight is 361 g/mol. The van der Waals surface area contributed by atoms with Gasteiger partial charge in [-0.3, -0.25) is 4.98 Å². The van der Waals surface area contributed by atoms with E-state index in [0.717, 1.165) is 34.8 Å². The van der Waals surface area contributed by atoms with E-state index >= 15 is 0 Å². The molecule has 0 saturated carbocycles. The summed E-state index contributed by atoms with van der Waals surface area (Å²) in [5.74, 6) is 0. The number of rotatable bonds is 6. The molecule has 3 heterocycles. The second-order valence-electron chi connectivity index (χ2n) is 7.01. The largest absolute Gasteiger partial charge is 0.360 e. The molecule has 3 aromatic heterocycles. The summed E-state index contributed by atoms with van der Waals surface area (Å²) >= 11 is 5.96. The third-order valence-corrected chi connectivity index (χ3v) is 5.60. The number of hydrogen-bond acceptors (Lipinski definition) is 4. The van der Waals surface area contributed by atoms with Crippen LogP contribution in [0.1, 0.15) is 0 Å². The third kappa shape index (κ3) is 4.40. The van der Waals surface area contributed by atoms with Gasteiger partial charge in [0, 0.05) is 38.2 Å². The van der Waals surface area contributed by atoms with Crippen molar-refractivity contribution < 1.29 is 4.74 Å². The summed E-state index contributed by atoms with van der Waals surface area (Å²) in [6, 6.07) is 6.74. The Hall–Kier alpha value is -1.76. The molecule has 0 aliphatic carbocycles. The first-order valence-corrected chi connectivity index (χ1v) is 12.0. The van der Waals surface area contributed by atoms with Crippen LogP contribution in [0, 0.1) is 0 Å². The van der Waals surface area contributed by atoms with E-state index in [4.69, 9.17) is 16.3 Å². The van der Waals surface area contributed by atoms with Crippen LogP contribution in [0.15, 0.2) is 36.8 Å². The van der Waals surface area contributed by atoms with Crippen LogP contribution in [0.4, 0.5) is 0 Å². The lowest BCUT2D eigenvalue weighted by Gasteiger charge is -2.15. The molecule has 7 heteroatoms. The Bertz CT molecular complexity index is 844. The Kier molecular flexibility index (Phi) is 4.98. The van der Waals surface area contributed by atoms with Crippen LogP contribution < -0.4 is 0 Å². The van der Waals surface area contributed by atoms with Crippen molar-refractivity contribution in [2.24, 2.45) is 0 Å². The fourth-order valence-electron chi connectivity index (χ4n) is 2.26. The molecular formula is C17H21ClN4OSi. The Labute approximate surface area is 147 Å². The molecule has 0 aromatic carbocycles. The lowest BCUT2D eigenvalue weighted by molar-refractivity contribution is 0.0786. The number of nitrogens with zero attached hydrogens (tertiary/aromatic N) is 4. The molecule has 0 radical (unpaired) electrons. The van der Waals surface area contributed by atoms with Crippen LogP contribution in [0.5, 0.6) is 0 Å². The molecule has 0 unspecified atom stereocenters. The smallest absolute Gasteiger partial charge is 0.139 e. The maximum atomic E-state index is 5.96. The van der Waals surface area contributed by atoms with Crippen LogP contribution in [-0.4, -0.2) is 34.4 Å². The van der Waals surface area contributed by atoms with Gasteiger partial charge in [0.2, 0.25) is 0 Å². The van der Waals surface area contributed by atoms with Gasteiger partial charge in [0.25, 0.3) is 0 Å². The van der Waals surface area contributed by atoms with Crippen molar-refractivity contribution in [2.45, 2.75) is 32.4 Å². The van der Waals surface area contributed by atoms with Gasteiger partial charge in [-0.05, 0) is 24.2 Å². The summed E-state index contributed by atoms with van der Waals surface area (Å²) in [6.07, 6.45) is 5.60. The second-order valence-corrected chi connectivity index (χ2v) is 13.0. The van der Waals surface area contributed by atoms with E-state index in [1.165, 1.54) is 0 Å². The number of pyridine rings is 2. The highest BCUT2D eigenvalue weighted by Gasteiger charge is 2.12. The molecule has 3 rings (SSSR count). The zero-order valence-electron chi connectivity index (χ0n) is 14.2. The van der Waals surface area contributed by atoms with Crippen LogP contribution in [0.25, 0.3) is 22.2 Å². The number of fused-ring (bicyclic) bond motifs is 1. The summed E-state index contributed by atoms with van der Waals surface area (Å²) in [6.45, 7) is 8.28. The summed E-state index contributed by atoms with van der Waals surface area (Å²) in [5.41, 5.74) is 3.55. The average Bonchev–Trinajstić information content (AvgIpc) is 2.99. The molecule has 0 N–H and O–H groups in total. The fraction of sp³-hybridized carbons (Fsp3) is 0.353. The van der Waals surface area contributed by atoms with Gasteiger partial charge < -0.3 is 4.74 Å². The zero-order chi connectivity index (χ0) is 17.2. The SMILES string of the molecule is C[Si](C)(C)CCOCn1cc(-c2cnc3ccc(Cl)nc3c2)cn1. The van der Waals surface area contributed by atoms with E-state index in [2.05, 4.69) is 34.7 Å². The Morgan fingerprint density at radius 2 is 1.96 bits per heavy atom. The van der Waals surface area contributed by atoms with Crippen LogP contribution in [-0.2, 0) is 11.5 Å². The maximum Gasteiger partial charge on any atom is 0.139 e. The van der Waals surface area contributed by atoms with Gasteiger partial charge in [-0.25, -0.2) is 9.67 Å². The van der Waals surface area contributed by atoms with Crippen molar-refractivity contribution in [2.75, 3.05) is 6.61 Å². The first-order chi connectivity index (χ1) is 11.4. The van der Waals surface area contributed by atoms with Crippen molar-refractivity contribution in [3.8, 4) is 11.1 Å². The highest BCUT2D eigenvalue weighted by molar-refractivity contribution is 6.76. The van der Waals surface area contributed by atoms with Crippen molar-refractivity contribution in [1.82, 2.24) is 19.7 Å². The van der Waals surface area contributed by atoms with E-state index < -0.39 is 8.07 Å². The lowest BCUT2D eigenvalue weighted by atomic mass is 10.1. The summed E-state index contributed by atoms with van der Waals surface area (Å²) in [4.78, 5) is 8.73. The quantitative estimate of drug-likeness (QED) is 0.370. The van der Waals surface area contributed by atoms with Crippen molar-refractivity contribution in [3.63, 3.8) is 0 Å². The van der Waals surface area contributed by atoms with E-state index in [1.807, 2.05) is 30.7 Å². The lowest BCUT2D eigenvalue weighted by Crippen LogP contribution is -2.22. The predicted molar refractivity (Wildman–Crippen MR) is 99.9 cm³/mol. The number of halogens is 1. The molecule has 0 atom stereocenters. The van der Waals surface area contributed by atoms with E-state index in [9.17, 15) is 0 Å². The molecule has 24 heavy (non-hydrogen) atoms. The monoisotopic (exact) mass is 360 g/mol. The highest BCUT2D eigenvalue weighted by atomic mass is 35.5. The summed E-state index contributed by atoms with van der Waals surface area (Å²) in [5, 5.41) is 4.82. The van der Waals surface area contributed by atoms with Gasteiger partial charge in [0.05, 0.1) is 17.2 Å². The highest BCUT2D eigenvalue weighted by Crippen LogP contribution is 2.22. The van der Waals surface area contributed by atoms with Gasteiger partial charge >= 0.3 is 0 Å². The molecule has 0 aliphatic heterocycles. The van der Waals surface area contributed by atoms with Crippen molar-refractivity contribution in [1.29, 1.82) is 0 Å². The number of aromatic nitrogens is 4. The molecule has 0 fully saturated rings. The minimum Gasteiger partial charge on any atom is -0.360 e. The van der Waals surface area contributed by atoms with Crippen molar-refractivity contribution >= 4 is 30.7 Å². The minimum absolute atomic E-state index is 0.466. The Morgan fingerprint density at radius 1 is 1.12 bits per heavy atom. The van der Waals surface area contributed by atoms with Gasteiger partial charge in [-0.15, -0.1) is 0 Å². The molecule has 126 valence electrons. The second kappa shape index (κ2) is 7.00. The normalized spacial score (nSPS) is 12.0. The van der Waals surface area contributed by atoms with Crippen LogP contribution in [0.2, 0.25) is 30.8 Å². The zero-order valence-corrected chi connectivity index (χ0v) is 15.9. The van der Waals surface area contributed by atoms with Gasteiger partial charge in [-0.2, -0.15) is 5.10 Å². The first-order valence-electron chi connectivity index (χ1n) is 7.94. The van der Waals surface area contributed by atoms with Gasteiger partial charge in [-0.1, -0.05) is 31.2 Å². The van der Waals surface area contributed by atoms with E-state index in [1.54, 1.807) is 10.7 Å². The molecule has 0 aliphatic rings. The molecule has 0 spiro atoms. The Morgan fingerprint density at radius 3 is 2.75 bits per heavy atom. The van der Waals surface area contributed by atoms with E-state index in [-0.39, 0.29) is 0 Å².